The van der Waals surface area contributed by atoms with Gasteiger partial charge in [-0.05, 0) is 66.8 Å². The average Bonchev–Trinajstić information content (AvgIpc) is 3.35. The first-order valence-corrected chi connectivity index (χ1v) is 9.62. The van der Waals surface area contributed by atoms with Gasteiger partial charge in [-0.2, -0.15) is 0 Å². The Morgan fingerprint density at radius 2 is 1.79 bits per heavy atom. The number of unbranched alkanes of at least 4 members (excludes halogenated alkanes) is 1. The van der Waals surface area contributed by atoms with Crippen LogP contribution in [0.1, 0.15) is 41.3 Å². The van der Waals surface area contributed by atoms with Crippen molar-refractivity contribution in [3.05, 3.63) is 71.3 Å². The van der Waals surface area contributed by atoms with E-state index in [-0.39, 0.29) is 5.56 Å². The number of H-pyrrole nitrogens is 1. The third kappa shape index (κ3) is 3.33. The standard InChI is InChI=1S/C24H23NO3/c1-3-4-5-17-7-6-15(2)19-14-22(28-23(17)19)21-13-12-20(25-21)16-8-10-18(11-9-16)24(26)27/h6-14,25H,3-5H2,1-2H3,(H,26,27). The van der Waals surface area contributed by atoms with Gasteiger partial charge in [-0.3, -0.25) is 0 Å². The van der Waals surface area contributed by atoms with Crippen molar-refractivity contribution in [3.8, 4) is 22.7 Å². The van der Waals surface area contributed by atoms with Crippen LogP contribution in [0.4, 0.5) is 0 Å². The molecule has 4 nitrogen and oxygen atoms in total. The number of aromatic carboxylic acids is 1. The minimum Gasteiger partial charge on any atom is -0.478 e. The number of rotatable bonds is 6. The largest absolute Gasteiger partial charge is 0.478 e. The van der Waals surface area contributed by atoms with E-state index in [1.807, 2.05) is 24.3 Å². The number of carboxylic acid groups (broad SMARTS) is 1. The van der Waals surface area contributed by atoms with Crippen LogP contribution in [-0.2, 0) is 6.42 Å². The molecule has 2 heterocycles. The number of fused-ring (bicyclic) bond motifs is 1. The lowest BCUT2D eigenvalue weighted by molar-refractivity contribution is 0.0697. The summed E-state index contributed by atoms with van der Waals surface area (Å²) in [5, 5.41) is 10.2. The predicted molar refractivity (Wildman–Crippen MR) is 112 cm³/mol. The molecular formula is C24H23NO3. The van der Waals surface area contributed by atoms with Crippen LogP contribution in [0.5, 0.6) is 0 Å². The summed E-state index contributed by atoms with van der Waals surface area (Å²) in [4.78, 5) is 14.4. The molecule has 4 heteroatoms. The summed E-state index contributed by atoms with van der Waals surface area (Å²) < 4.78 is 6.25. The Morgan fingerprint density at radius 1 is 1.04 bits per heavy atom. The van der Waals surface area contributed by atoms with Crippen LogP contribution >= 0.6 is 0 Å². The van der Waals surface area contributed by atoms with Gasteiger partial charge in [0.15, 0.2) is 5.76 Å². The number of carboxylic acids is 1. The van der Waals surface area contributed by atoms with Crippen LogP contribution in [0, 0.1) is 6.92 Å². The van der Waals surface area contributed by atoms with Gasteiger partial charge >= 0.3 is 5.97 Å². The quantitative estimate of drug-likeness (QED) is 0.408. The minimum absolute atomic E-state index is 0.280. The number of carbonyl (C=O) groups is 1. The minimum atomic E-state index is -0.921. The molecule has 0 radical (unpaired) electrons. The maximum Gasteiger partial charge on any atom is 0.335 e. The summed E-state index contributed by atoms with van der Waals surface area (Å²) in [5.74, 6) is -0.106. The van der Waals surface area contributed by atoms with Gasteiger partial charge in [0.1, 0.15) is 5.58 Å². The number of furan rings is 1. The van der Waals surface area contributed by atoms with Gasteiger partial charge in [-0.15, -0.1) is 0 Å². The second-order valence-corrected chi connectivity index (χ2v) is 7.17. The van der Waals surface area contributed by atoms with Crippen LogP contribution in [-0.4, -0.2) is 16.1 Å². The number of aromatic amines is 1. The van der Waals surface area contributed by atoms with Crippen molar-refractivity contribution in [3.63, 3.8) is 0 Å². The molecule has 0 atom stereocenters. The van der Waals surface area contributed by atoms with Gasteiger partial charge < -0.3 is 14.5 Å². The van der Waals surface area contributed by atoms with Gasteiger partial charge in [0.2, 0.25) is 0 Å². The zero-order valence-electron chi connectivity index (χ0n) is 16.1. The highest BCUT2D eigenvalue weighted by atomic mass is 16.4. The van der Waals surface area contributed by atoms with E-state index in [2.05, 4.69) is 37.0 Å². The van der Waals surface area contributed by atoms with E-state index < -0.39 is 5.97 Å². The van der Waals surface area contributed by atoms with Crippen molar-refractivity contribution in [2.45, 2.75) is 33.1 Å². The number of hydrogen-bond donors (Lipinski definition) is 2. The molecule has 28 heavy (non-hydrogen) atoms. The second-order valence-electron chi connectivity index (χ2n) is 7.17. The van der Waals surface area contributed by atoms with E-state index in [0.29, 0.717) is 0 Å². The van der Waals surface area contributed by atoms with Crippen molar-refractivity contribution in [2.24, 2.45) is 0 Å². The van der Waals surface area contributed by atoms with E-state index in [0.717, 1.165) is 52.9 Å². The van der Waals surface area contributed by atoms with Crippen LogP contribution in [0.2, 0.25) is 0 Å². The summed E-state index contributed by atoms with van der Waals surface area (Å²) in [6.45, 7) is 4.30. The topological polar surface area (TPSA) is 66.2 Å². The molecule has 0 saturated carbocycles. The molecule has 0 spiro atoms. The number of hydrogen-bond acceptors (Lipinski definition) is 2. The Kier molecular flexibility index (Phi) is 4.78. The first-order chi connectivity index (χ1) is 13.6. The fourth-order valence-corrected chi connectivity index (χ4v) is 3.51. The fourth-order valence-electron chi connectivity index (χ4n) is 3.51. The van der Waals surface area contributed by atoms with Crippen LogP contribution in [0.3, 0.4) is 0 Å². The lowest BCUT2D eigenvalue weighted by Gasteiger charge is -2.03. The Morgan fingerprint density at radius 3 is 2.50 bits per heavy atom. The van der Waals surface area contributed by atoms with E-state index in [4.69, 9.17) is 9.52 Å². The maximum atomic E-state index is 11.0. The molecule has 142 valence electrons. The monoisotopic (exact) mass is 373 g/mol. The number of aryl methyl sites for hydroxylation is 2. The molecule has 2 aromatic carbocycles. The van der Waals surface area contributed by atoms with E-state index in [1.54, 1.807) is 12.1 Å². The lowest BCUT2D eigenvalue weighted by Crippen LogP contribution is -1.94. The fraction of sp³-hybridized carbons (Fsp3) is 0.208. The van der Waals surface area contributed by atoms with E-state index in [1.165, 1.54) is 11.1 Å². The molecule has 0 aliphatic carbocycles. The Labute approximate surface area is 163 Å². The molecule has 0 bridgehead atoms. The molecule has 0 amide bonds. The smallest absolute Gasteiger partial charge is 0.335 e. The van der Waals surface area contributed by atoms with E-state index >= 15 is 0 Å². The third-order valence-corrected chi connectivity index (χ3v) is 5.18. The summed E-state index contributed by atoms with van der Waals surface area (Å²) in [6.07, 6.45) is 3.32. The molecular weight excluding hydrogens is 350 g/mol. The molecule has 0 saturated heterocycles. The Bertz CT molecular complexity index is 1130. The summed E-state index contributed by atoms with van der Waals surface area (Å²) in [7, 11) is 0. The highest BCUT2D eigenvalue weighted by molar-refractivity contribution is 5.89. The van der Waals surface area contributed by atoms with Gasteiger partial charge in [-0.25, -0.2) is 4.79 Å². The van der Waals surface area contributed by atoms with Gasteiger partial charge in [0, 0.05) is 11.1 Å². The highest BCUT2D eigenvalue weighted by Gasteiger charge is 2.14. The third-order valence-electron chi connectivity index (χ3n) is 5.18. The summed E-state index contributed by atoms with van der Waals surface area (Å²) in [6, 6.07) is 17.3. The summed E-state index contributed by atoms with van der Waals surface area (Å²) in [5.41, 5.74) is 6.50. The number of aromatic nitrogens is 1. The first kappa shape index (κ1) is 18.1. The first-order valence-electron chi connectivity index (χ1n) is 9.62. The molecule has 2 aromatic heterocycles. The van der Waals surface area contributed by atoms with Crippen LogP contribution < -0.4 is 0 Å². The van der Waals surface area contributed by atoms with Gasteiger partial charge in [0.05, 0.1) is 11.3 Å². The number of nitrogens with one attached hydrogen (secondary N) is 1. The van der Waals surface area contributed by atoms with Crippen molar-refractivity contribution < 1.29 is 14.3 Å². The Balaban J connectivity index is 1.69. The average molecular weight is 373 g/mol. The van der Waals surface area contributed by atoms with Crippen LogP contribution in [0.15, 0.2) is 59.0 Å². The van der Waals surface area contributed by atoms with Crippen molar-refractivity contribution in [2.75, 3.05) is 0 Å². The molecule has 0 unspecified atom stereocenters. The maximum absolute atomic E-state index is 11.0. The molecule has 0 aliphatic heterocycles. The summed E-state index contributed by atoms with van der Waals surface area (Å²) >= 11 is 0. The molecule has 4 aromatic rings. The Hall–Kier alpha value is -3.27. The zero-order valence-corrected chi connectivity index (χ0v) is 16.1. The van der Waals surface area contributed by atoms with Crippen molar-refractivity contribution in [1.82, 2.24) is 4.98 Å². The molecule has 0 aliphatic rings. The van der Waals surface area contributed by atoms with Crippen molar-refractivity contribution >= 4 is 16.9 Å². The zero-order chi connectivity index (χ0) is 19.7. The van der Waals surface area contributed by atoms with Crippen LogP contribution in [0.25, 0.3) is 33.7 Å². The SMILES string of the molecule is CCCCc1ccc(C)c2cc(-c3ccc(-c4ccc(C(=O)O)cc4)[nH]3)oc12. The van der Waals surface area contributed by atoms with Gasteiger partial charge in [0.25, 0.3) is 0 Å². The molecule has 4 rings (SSSR count). The molecule has 2 N–H and O–H groups in total. The van der Waals surface area contributed by atoms with Crippen molar-refractivity contribution in [1.29, 1.82) is 0 Å². The number of benzene rings is 2. The lowest BCUT2D eigenvalue weighted by atomic mass is 10.0. The highest BCUT2D eigenvalue weighted by Crippen LogP contribution is 2.33. The molecule has 0 fully saturated rings. The van der Waals surface area contributed by atoms with E-state index in [9.17, 15) is 4.79 Å². The predicted octanol–water partition coefficient (Wildman–Crippen LogP) is 6.44. The normalized spacial score (nSPS) is 11.2. The second kappa shape index (κ2) is 7.39. The van der Waals surface area contributed by atoms with Gasteiger partial charge in [-0.1, -0.05) is 37.6 Å².